The first-order chi connectivity index (χ1) is 16.2. The van der Waals surface area contributed by atoms with Gasteiger partial charge < -0.3 is 24.2 Å². The molecule has 1 aliphatic rings. The van der Waals surface area contributed by atoms with Crippen LogP contribution in [0.4, 0.5) is 0 Å². The third-order valence-electron chi connectivity index (χ3n) is 5.88. The third kappa shape index (κ3) is 4.94. The number of methoxy groups -OCH3 is 2. The molecule has 0 spiro atoms. The Bertz CT molecular complexity index is 1090. The number of ether oxygens (including phenoxy) is 3. The van der Waals surface area contributed by atoms with Gasteiger partial charge in [0.1, 0.15) is 17.3 Å². The molecule has 0 saturated carbocycles. The Labute approximate surface area is 200 Å². The standard InChI is InChI=1S/C27H33NO6/c1-16(2)20-15-18(11-12-22(20)33-6)25(29)23-24(19-9-7-8-10-21(19)32-5)28(27(31)26(23)30)13-14-34-17(3)4/h7-12,15-17,24,29H,13-14H2,1-6H3/b25-23+. The molecule has 1 heterocycles. The summed E-state index contributed by atoms with van der Waals surface area (Å²) < 4.78 is 16.6. The SMILES string of the molecule is COc1ccc(/C(O)=C2\C(=O)C(=O)N(CCOC(C)C)C2c2ccccc2OC)cc1C(C)C. The van der Waals surface area contributed by atoms with Gasteiger partial charge in [-0.2, -0.15) is 0 Å². The first kappa shape index (κ1) is 25.3. The lowest BCUT2D eigenvalue weighted by Crippen LogP contribution is -2.33. The first-order valence-electron chi connectivity index (χ1n) is 11.4. The van der Waals surface area contributed by atoms with Gasteiger partial charge in [-0.25, -0.2) is 0 Å². The summed E-state index contributed by atoms with van der Waals surface area (Å²) in [5.41, 5.74) is 1.98. The molecule has 0 bridgehead atoms. The Morgan fingerprint density at radius 2 is 1.68 bits per heavy atom. The molecule has 1 fully saturated rings. The maximum Gasteiger partial charge on any atom is 0.295 e. The molecule has 3 rings (SSSR count). The second-order valence-corrected chi connectivity index (χ2v) is 8.77. The molecular formula is C27H33NO6. The van der Waals surface area contributed by atoms with Crippen molar-refractivity contribution in [3.05, 3.63) is 64.7 Å². The second-order valence-electron chi connectivity index (χ2n) is 8.77. The van der Waals surface area contributed by atoms with Crippen LogP contribution in [0.25, 0.3) is 5.76 Å². The minimum atomic E-state index is -0.809. The van der Waals surface area contributed by atoms with Gasteiger partial charge in [0.2, 0.25) is 0 Å². The minimum absolute atomic E-state index is 0.0183. The van der Waals surface area contributed by atoms with Crippen molar-refractivity contribution in [1.82, 2.24) is 4.90 Å². The van der Waals surface area contributed by atoms with Crippen LogP contribution >= 0.6 is 0 Å². The molecule has 0 aliphatic carbocycles. The average Bonchev–Trinajstić information content (AvgIpc) is 3.07. The number of carbonyl (C=O) groups is 2. The van der Waals surface area contributed by atoms with Crippen molar-refractivity contribution in [2.24, 2.45) is 0 Å². The zero-order valence-electron chi connectivity index (χ0n) is 20.6. The van der Waals surface area contributed by atoms with Crippen molar-refractivity contribution >= 4 is 17.4 Å². The van der Waals surface area contributed by atoms with Crippen LogP contribution in [0.15, 0.2) is 48.0 Å². The van der Waals surface area contributed by atoms with Crippen molar-refractivity contribution < 1.29 is 28.9 Å². The fourth-order valence-electron chi connectivity index (χ4n) is 4.20. The van der Waals surface area contributed by atoms with Gasteiger partial charge in [-0.1, -0.05) is 32.0 Å². The Balaban J connectivity index is 2.18. The summed E-state index contributed by atoms with van der Waals surface area (Å²) in [4.78, 5) is 27.8. The van der Waals surface area contributed by atoms with E-state index in [0.717, 1.165) is 5.56 Å². The molecule has 0 radical (unpaired) electrons. The van der Waals surface area contributed by atoms with E-state index in [2.05, 4.69) is 0 Å². The molecule has 7 nitrogen and oxygen atoms in total. The molecule has 1 saturated heterocycles. The Morgan fingerprint density at radius 1 is 1.00 bits per heavy atom. The quantitative estimate of drug-likeness (QED) is 0.328. The zero-order chi connectivity index (χ0) is 25.0. The van der Waals surface area contributed by atoms with Gasteiger partial charge in [-0.3, -0.25) is 9.59 Å². The molecule has 2 aromatic rings. The number of rotatable bonds is 9. The summed E-state index contributed by atoms with van der Waals surface area (Å²) in [5.74, 6) is -0.302. The van der Waals surface area contributed by atoms with Crippen molar-refractivity contribution in [3.8, 4) is 11.5 Å². The number of para-hydroxylation sites is 1. The topological polar surface area (TPSA) is 85.3 Å². The average molecular weight is 468 g/mol. The number of amides is 1. The van der Waals surface area contributed by atoms with E-state index in [4.69, 9.17) is 14.2 Å². The molecule has 182 valence electrons. The van der Waals surface area contributed by atoms with Gasteiger partial charge in [-0.15, -0.1) is 0 Å². The summed E-state index contributed by atoms with van der Waals surface area (Å²) >= 11 is 0. The highest BCUT2D eigenvalue weighted by molar-refractivity contribution is 6.46. The molecule has 1 unspecified atom stereocenters. The van der Waals surface area contributed by atoms with Crippen LogP contribution < -0.4 is 9.47 Å². The van der Waals surface area contributed by atoms with E-state index >= 15 is 0 Å². The highest BCUT2D eigenvalue weighted by Gasteiger charge is 2.46. The van der Waals surface area contributed by atoms with Crippen LogP contribution in [-0.2, 0) is 14.3 Å². The van der Waals surface area contributed by atoms with E-state index in [9.17, 15) is 14.7 Å². The molecule has 0 aromatic heterocycles. The third-order valence-corrected chi connectivity index (χ3v) is 5.88. The molecule has 1 atom stereocenters. The normalized spacial score (nSPS) is 17.6. The number of aliphatic hydroxyl groups excluding tert-OH is 1. The largest absolute Gasteiger partial charge is 0.507 e. The second kappa shape index (κ2) is 10.7. The smallest absolute Gasteiger partial charge is 0.295 e. The number of benzene rings is 2. The molecule has 1 amide bonds. The fourth-order valence-corrected chi connectivity index (χ4v) is 4.20. The summed E-state index contributed by atoms with van der Waals surface area (Å²) in [6, 6.07) is 11.6. The lowest BCUT2D eigenvalue weighted by molar-refractivity contribution is -0.140. The first-order valence-corrected chi connectivity index (χ1v) is 11.4. The monoisotopic (exact) mass is 467 g/mol. The van der Waals surface area contributed by atoms with Gasteiger partial charge in [0.05, 0.1) is 38.5 Å². The summed E-state index contributed by atoms with van der Waals surface area (Å²) in [5, 5.41) is 11.4. The van der Waals surface area contributed by atoms with E-state index in [1.54, 1.807) is 37.4 Å². The van der Waals surface area contributed by atoms with Crippen LogP contribution in [0, 0.1) is 0 Å². The number of Topliss-reactive ketones (excluding diaryl/α,β-unsaturated/α-hetero) is 1. The molecule has 7 heteroatoms. The van der Waals surface area contributed by atoms with E-state index in [1.165, 1.54) is 12.0 Å². The van der Waals surface area contributed by atoms with Crippen molar-refractivity contribution in [3.63, 3.8) is 0 Å². The fraction of sp³-hybridized carbons (Fsp3) is 0.407. The lowest BCUT2D eigenvalue weighted by atomic mass is 9.92. The van der Waals surface area contributed by atoms with E-state index in [-0.39, 0.29) is 36.5 Å². The van der Waals surface area contributed by atoms with Crippen molar-refractivity contribution in [2.45, 2.75) is 45.8 Å². The molecule has 1 N–H and O–H groups in total. The molecule has 1 aliphatic heterocycles. The number of aliphatic hydroxyl groups is 1. The Hall–Kier alpha value is -3.32. The highest BCUT2D eigenvalue weighted by Crippen LogP contribution is 2.43. The number of likely N-dealkylation sites (tertiary alicyclic amines) is 1. The number of hydrogen-bond acceptors (Lipinski definition) is 6. The van der Waals surface area contributed by atoms with Gasteiger partial charge in [0.25, 0.3) is 11.7 Å². The van der Waals surface area contributed by atoms with Crippen LogP contribution in [-0.4, -0.2) is 55.2 Å². The zero-order valence-corrected chi connectivity index (χ0v) is 20.6. The van der Waals surface area contributed by atoms with Gasteiger partial charge >= 0.3 is 0 Å². The maximum absolute atomic E-state index is 13.2. The molecule has 34 heavy (non-hydrogen) atoms. The predicted molar refractivity (Wildman–Crippen MR) is 130 cm³/mol. The van der Waals surface area contributed by atoms with E-state index in [1.807, 2.05) is 39.8 Å². The van der Waals surface area contributed by atoms with Gasteiger partial charge in [0.15, 0.2) is 0 Å². The summed E-state index contributed by atoms with van der Waals surface area (Å²) in [7, 11) is 3.12. The summed E-state index contributed by atoms with van der Waals surface area (Å²) in [6.07, 6.45) is -0.0183. The molecular weight excluding hydrogens is 434 g/mol. The summed E-state index contributed by atoms with van der Waals surface area (Å²) in [6.45, 7) is 8.30. The minimum Gasteiger partial charge on any atom is -0.507 e. The van der Waals surface area contributed by atoms with Crippen molar-refractivity contribution in [2.75, 3.05) is 27.4 Å². The molecule has 2 aromatic carbocycles. The Morgan fingerprint density at radius 3 is 2.29 bits per heavy atom. The van der Waals surface area contributed by atoms with E-state index < -0.39 is 17.7 Å². The number of hydrogen-bond donors (Lipinski definition) is 1. The van der Waals surface area contributed by atoms with E-state index in [0.29, 0.717) is 22.6 Å². The highest BCUT2D eigenvalue weighted by atomic mass is 16.5. The van der Waals surface area contributed by atoms with Crippen LogP contribution in [0.3, 0.4) is 0 Å². The van der Waals surface area contributed by atoms with Crippen LogP contribution in [0.5, 0.6) is 11.5 Å². The van der Waals surface area contributed by atoms with Gasteiger partial charge in [0, 0.05) is 17.7 Å². The number of nitrogens with zero attached hydrogens (tertiary/aromatic N) is 1. The predicted octanol–water partition coefficient (Wildman–Crippen LogP) is 4.67. The van der Waals surface area contributed by atoms with Crippen LogP contribution in [0.1, 0.15) is 56.3 Å². The lowest BCUT2D eigenvalue weighted by Gasteiger charge is -2.27. The van der Waals surface area contributed by atoms with Gasteiger partial charge in [-0.05, 0) is 49.6 Å². The van der Waals surface area contributed by atoms with Crippen LogP contribution in [0.2, 0.25) is 0 Å². The number of ketones is 1. The Kier molecular flexibility index (Phi) is 7.99. The maximum atomic E-state index is 13.2. The van der Waals surface area contributed by atoms with Crippen molar-refractivity contribution in [1.29, 1.82) is 0 Å². The number of carbonyl (C=O) groups excluding carboxylic acids is 2.